The van der Waals surface area contributed by atoms with Crippen molar-refractivity contribution in [3.8, 4) is 0 Å². The van der Waals surface area contributed by atoms with Gasteiger partial charge in [0.1, 0.15) is 5.82 Å². The molecule has 2 aromatic rings. The van der Waals surface area contributed by atoms with Gasteiger partial charge < -0.3 is 5.73 Å². The summed E-state index contributed by atoms with van der Waals surface area (Å²) in [6, 6.07) is 10.3. The second-order valence-corrected chi connectivity index (χ2v) is 4.85. The molecule has 20 heavy (non-hydrogen) atoms. The van der Waals surface area contributed by atoms with Gasteiger partial charge >= 0.3 is 0 Å². The molecule has 0 amide bonds. The highest BCUT2D eigenvalue weighted by Crippen LogP contribution is 2.18. The van der Waals surface area contributed by atoms with Crippen molar-refractivity contribution in [3.63, 3.8) is 0 Å². The Morgan fingerprint density at radius 3 is 2.25 bits per heavy atom. The van der Waals surface area contributed by atoms with Crippen LogP contribution >= 0.6 is 0 Å². The molecular weight excluding hydrogens is 263 g/mol. The van der Waals surface area contributed by atoms with E-state index in [-0.39, 0.29) is 11.7 Å². The molecule has 0 saturated heterocycles. The standard InChI is InChI=1S/C16H16F3N/c17-14-6-4-11(5-7-14)8-12(10-20)9-13-2-1-3-15(18)16(13)19/h1-7,12H,8-10,20H2. The molecule has 0 aliphatic heterocycles. The van der Waals surface area contributed by atoms with Crippen molar-refractivity contribution >= 4 is 0 Å². The second kappa shape index (κ2) is 6.57. The highest BCUT2D eigenvalue weighted by Gasteiger charge is 2.14. The van der Waals surface area contributed by atoms with E-state index in [1.807, 2.05) is 0 Å². The van der Waals surface area contributed by atoms with Gasteiger partial charge in [0.25, 0.3) is 0 Å². The molecule has 0 bridgehead atoms. The SMILES string of the molecule is NCC(Cc1ccc(F)cc1)Cc1cccc(F)c1F. The first-order valence-corrected chi connectivity index (χ1v) is 6.47. The van der Waals surface area contributed by atoms with Crippen molar-refractivity contribution in [1.82, 2.24) is 0 Å². The average molecular weight is 279 g/mol. The van der Waals surface area contributed by atoms with Gasteiger partial charge in [-0.15, -0.1) is 0 Å². The van der Waals surface area contributed by atoms with Gasteiger partial charge in [0, 0.05) is 0 Å². The number of hydrogen-bond donors (Lipinski definition) is 1. The summed E-state index contributed by atoms with van der Waals surface area (Å²) in [4.78, 5) is 0. The number of benzene rings is 2. The van der Waals surface area contributed by atoms with Crippen molar-refractivity contribution in [2.45, 2.75) is 12.8 Å². The van der Waals surface area contributed by atoms with Crippen LogP contribution in [-0.4, -0.2) is 6.54 Å². The van der Waals surface area contributed by atoms with Crippen LogP contribution in [0.15, 0.2) is 42.5 Å². The van der Waals surface area contributed by atoms with Gasteiger partial charge in [0.2, 0.25) is 0 Å². The van der Waals surface area contributed by atoms with Crippen LogP contribution in [0.3, 0.4) is 0 Å². The van der Waals surface area contributed by atoms with Gasteiger partial charge in [0.05, 0.1) is 0 Å². The molecule has 0 aliphatic rings. The van der Waals surface area contributed by atoms with E-state index in [4.69, 9.17) is 5.73 Å². The van der Waals surface area contributed by atoms with Crippen LogP contribution in [0.25, 0.3) is 0 Å². The molecule has 106 valence electrons. The normalized spacial score (nSPS) is 12.4. The van der Waals surface area contributed by atoms with Gasteiger partial charge in [0.15, 0.2) is 11.6 Å². The van der Waals surface area contributed by atoms with E-state index in [1.165, 1.54) is 18.2 Å². The van der Waals surface area contributed by atoms with Gasteiger partial charge in [-0.05, 0) is 54.6 Å². The Bertz CT molecular complexity index is 566. The summed E-state index contributed by atoms with van der Waals surface area (Å²) in [5.41, 5.74) is 6.95. The second-order valence-electron chi connectivity index (χ2n) is 4.85. The topological polar surface area (TPSA) is 26.0 Å². The molecule has 0 spiro atoms. The van der Waals surface area contributed by atoms with Crippen LogP contribution in [0.5, 0.6) is 0 Å². The zero-order chi connectivity index (χ0) is 14.5. The predicted octanol–water partition coefficient (Wildman–Crippen LogP) is 3.46. The van der Waals surface area contributed by atoms with Crippen LogP contribution < -0.4 is 5.73 Å². The van der Waals surface area contributed by atoms with E-state index in [0.717, 1.165) is 11.6 Å². The summed E-state index contributed by atoms with van der Waals surface area (Å²) in [5, 5.41) is 0. The van der Waals surface area contributed by atoms with Gasteiger partial charge in [-0.2, -0.15) is 0 Å². The lowest BCUT2D eigenvalue weighted by Gasteiger charge is -2.15. The van der Waals surface area contributed by atoms with Crippen LogP contribution in [0.1, 0.15) is 11.1 Å². The van der Waals surface area contributed by atoms with Crippen LogP contribution in [0.4, 0.5) is 13.2 Å². The highest BCUT2D eigenvalue weighted by atomic mass is 19.2. The molecule has 0 aliphatic carbocycles. The summed E-state index contributed by atoms with van der Waals surface area (Å²) in [5.74, 6) is -1.98. The maximum Gasteiger partial charge on any atom is 0.162 e. The molecule has 1 atom stereocenters. The van der Waals surface area contributed by atoms with Crippen LogP contribution in [0, 0.1) is 23.4 Å². The zero-order valence-corrected chi connectivity index (χ0v) is 11.0. The summed E-state index contributed by atoms with van der Waals surface area (Å²) in [7, 11) is 0. The number of halogens is 3. The average Bonchev–Trinajstić information content (AvgIpc) is 2.45. The highest BCUT2D eigenvalue weighted by molar-refractivity contribution is 5.21. The molecule has 2 aromatic carbocycles. The van der Waals surface area contributed by atoms with E-state index < -0.39 is 11.6 Å². The fourth-order valence-electron chi connectivity index (χ4n) is 2.21. The minimum Gasteiger partial charge on any atom is -0.330 e. The number of rotatable bonds is 5. The third kappa shape index (κ3) is 3.61. The molecule has 1 nitrogen and oxygen atoms in total. The Morgan fingerprint density at radius 1 is 0.900 bits per heavy atom. The molecule has 2 rings (SSSR count). The lowest BCUT2D eigenvalue weighted by atomic mass is 9.92. The van der Waals surface area contributed by atoms with E-state index in [9.17, 15) is 13.2 Å². The largest absolute Gasteiger partial charge is 0.330 e. The summed E-state index contributed by atoms with van der Waals surface area (Å²) in [6.07, 6.45) is 0.963. The minimum atomic E-state index is -0.847. The van der Waals surface area contributed by atoms with Crippen molar-refractivity contribution in [2.75, 3.05) is 6.54 Å². The van der Waals surface area contributed by atoms with E-state index in [1.54, 1.807) is 18.2 Å². The Hall–Kier alpha value is -1.81. The van der Waals surface area contributed by atoms with Crippen LogP contribution in [0.2, 0.25) is 0 Å². The molecule has 2 N–H and O–H groups in total. The van der Waals surface area contributed by atoms with E-state index in [2.05, 4.69) is 0 Å². The third-order valence-corrected chi connectivity index (χ3v) is 3.31. The van der Waals surface area contributed by atoms with Crippen molar-refractivity contribution in [3.05, 3.63) is 71.0 Å². The molecule has 0 fully saturated rings. The molecule has 1 unspecified atom stereocenters. The fourth-order valence-corrected chi connectivity index (χ4v) is 2.21. The number of hydrogen-bond acceptors (Lipinski definition) is 1. The van der Waals surface area contributed by atoms with E-state index >= 15 is 0 Å². The Morgan fingerprint density at radius 2 is 1.60 bits per heavy atom. The van der Waals surface area contributed by atoms with Crippen molar-refractivity contribution < 1.29 is 13.2 Å². The van der Waals surface area contributed by atoms with Gasteiger partial charge in [-0.25, -0.2) is 13.2 Å². The summed E-state index contributed by atoms with van der Waals surface area (Å²) in [6.45, 7) is 0.354. The monoisotopic (exact) mass is 279 g/mol. The zero-order valence-electron chi connectivity index (χ0n) is 11.0. The fraction of sp³-hybridized carbons (Fsp3) is 0.250. The maximum absolute atomic E-state index is 13.6. The maximum atomic E-state index is 13.6. The van der Waals surface area contributed by atoms with Gasteiger partial charge in [-0.1, -0.05) is 24.3 Å². The van der Waals surface area contributed by atoms with E-state index in [0.29, 0.717) is 24.9 Å². The first-order chi connectivity index (χ1) is 9.60. The molecule has 0 saturated carbocycles. The quantitative estimate of drug-likeness (QED) is 0.891. The summed E-state index contributed by atoms with van der Waals surface area (Å²) < 4.78 is 39.6. The molecule has 0 heterocycles. The lowest BCUT2D eigenvalue weighted by molar-refractivity contribution is 0.473. The Labute approximate surface area is 116 Å². The van der Waals surface area contributed by atoms with Gasteiger partial charge in [-0.3, -0.25) is 0 Å². The van der Waals surface area contributed by atoms with Crippen molar-refractivity contribution in [1.29, 1.82) is 0 Å². The molecule has 0 aromatic heterocycles. The molecule has 4 heteroatoms. The molecular formula is C16H16F3N. The predicted molar refractivity (Wildman–Crippen MR) is 72.7 cm³/mol. The first kappa shape index (κ1) is 14.6. The van der Waals surface area contributed by atoms with Crippen molar-refractivity contribution in [2.24, 2.45) is 11.7 Å². The Balaban J connectivity index is 2.09. The summed E-state index contributed by atoms with van der Waals surface area (Å²) >= 11 is 0. The first-order valence-electron chi connectivity index (χ1n) is 6.47. The molecule has 0 radical (unpaired) electrons. The lowest BCUT2D eigenvalue weighted by Crippen LogP contribution is -2.20. The third-order valence-electron chi connectivity index (χ3n) is 3.31. The number of nitrogens with two attached hydrogens (primary N) is 1. The smallest absolute Gasteiger partial charge is 0.162 e. The Kier molecular flexibility index (Phi) is 4.79. The minimum absolute atomic E-state index is 0.0169. The van der Waals surface area contributed by atoms with Crippen LogP contribution in [-0.2, 0) is 12.8 Å².